The van der Waals surface area contributed by atoms with E-state index in [-0.39, 0.29) is 5.92 Å². The van der Waals surface area contributed by atoms with Gasteiger partial charge in [-0.15, -0.1) is 0 Å². The first kappa shape index (κ1) is 11.7. The molecule has 0 aromatic heterocycles. The third kappa shape index (κ3) is 3.43. The van der Waals surface area contributed by atoms with Crippen molar-refractivity contribution in [1.29, 1.82) is 0 Å². The molecule has 0 aromatic carbocycles. The van der Waals surface area contributed by atoms with E-state index in [1.54, 1.807) is 0 Å². The second-order valence-electron chi connectivity index (χ2n) is 5.21. The predicted molar refractivity (Wildman–Crippen MR) is 60.2 cm³/mol. The maximum atomic E-state index is 11.9. The van der Waals surface area contributed by atoms with Gasteiger partial charge in [-0.3, -0.25) is 4.79 Å². The van der Waals surface area contributed by atoms with Crippen molar-refractivity contribution in [2.45, 2.75) is 59.3 Å². The number of carbonyl (C=O) groups is 1. The SMILES string of the molecule is CC(C)C(C)C(=O)CC1CCCCC1. The second-order valence-corrected chi connectivity index (χ2v) is 5.21. The Labute approximate surface area is 88.3 Å². The first-order valence-electron chi connectivity index (χ1n) is 6.14. The highest BCUT2D eigenvalue weighted by molar-refractivity contribution is 5.81. The summed E-state index contributed by atoms with van der Waals surface area (Å²) in [5.41, 5.74) is 0. The highest BCUT2D eigenvalue weighted by Gasteiger charge is 2.22. The van der Waals surface area contributed by atoms with Gasteiger partial charge in [0.15, 0.2) is 0 Å². The molecule has 14 heavy (non-hydrogen) atoms. The smallest absolute Gasteiger partial charge is 0.136 e. The molecule has 0 aromatic rings. The van der Waals surface area contributed by atoms with E-state index in [1.807, 2.05) is 0 Å². The van der Waals surface area contributed by atoms with Crippen molar-refractivity contribution < 1.29 is 4.79 Å². The quantitative estimate of drug-likeness (QED) is 0.668. The summed E-state index contributed by atoms with van der Waals surface area (Å²) in [4.78, 5) is 11.9. The maximum absolute atomic E-state index is 11.9. The molecule has 1 aliphatic rings. The minimum absolute atomic E-state index is 0.261. The fourth-order valence-electron chi connectivity index (χ4n) is 2.23. The lowest BCUT2D eigenvalue weighted by Gasteiger charge is -2.23. The summed E-state index contributed by atoms with van der Waals surface area (Å²) in [6.07, 6.45) is 7.49. The molecule has 1 heteroatoms. The predicted octanol–water partition coefficient (Wildman–Crippen LogP) is 3.82. The molecule has 1 atom stereocenters. The molecule has 0 heterocycles. The lowest BCUT2D eigenvalue weighted by molar-refractivity contribution is -0.124. The zero-order valence-corrected chi connectivity index (χ0v) is 9.88. The molecule has 1 saturated carbocycles. The monoisotopic (exact) mass is 196 g/mol. The van der Waals surface area contributed by atoms with Crippen LogP contribution in [0.1, 0.15) is 59.3 Å². The molecule has 1 unspecified atom stereocenters. The molecule has 0 saturated heterocycles. The molecule has 0 radical (unpaired) electrons. The summed E-state index contributed by atoms with van der Waals surface area (Å²) in [6, 6.07) is 0. The lowest BCUT2D eigenvalue weighted by atomic mass is 9.82. The highest BCUT2D eigenvalue weighted by atomic mass is 16.1. The van der Waals surface area contributed by atoms with E-state index < -0.39 is 0 Å². The van der Waals surface area contributed by atoms with E-state index in [1.165, 1.54) is 32.1 Å². The van der Waals surface area contributed by atoms with Crippen LogP contribution >= 0.6 is 0 Å². The third-order valence-electron chi connectivity index (χ3n) is 3.72. The Morgan fingerprint density at radius 2 is 1.71 bits per heavy atom. The summed E-state index contributed by atoms with van der Waals surface area (Å²) < 4.78 is 0. The molecule has 1 aliphatic carbocycles. The molecule has 0 spiro atoms. The molecule has 1 rings (SSSR count). The zero-order valence-electron chi connectivity index (χ0n) is 9.88. The first-order chi connectivity index (χ1) is 6.61. The fraction of sp³-hybridized carbons (Fsp3) is 0.923. The Morgan fingerprint density at radius 3 is 2.21 bits per heavy atom. The van der Waals surface area contributed by atoms with Crippen LogP contribution in [-0.2, 0) is 4.79 Å². The van der Waals surface area contributed by atoms with Crippen molar-refractivity contribution in [3.05, 3.63) is 0 Å². The van der Waals surface area contributed by atoms with Gasteiger partial charge in [0.05, 0.1) is 0 Å². The molecule has 0 aliphatic heterocycles. The molecule has 0 bridgehead atoms. The number of hydrogen-bond donors (Lipinski definition) is 0. The Balaban J connectivity index is 2.31. The average Bonchev–Trinajstić information content (AvgIpc) is 2.18. The molecule has 1 fully saturated rings. The van der Waals surface area contributed by atoms with Crippen LogP contribution in [0.4, 0.5) is 0 Å². The molecular formula is C13H24O. The van der Waals surface area contributed by atoms with Gasteiger partial charge in [-0.05, 0) is 11.8 Å². The first-order valence-corrected chi connectivity index (χ1v) is 6.14. The van der Waals surface area contributed by atoms with Crippen molar-refractivity contribution in [2.24, 2.45) is 17.8 Å². The van der Waals surface area contributed by atoms with E-state index >= 15 is 0 Å². The Morgan fingerprint density at radius 1 is 1.14 bits per heavy atom. The molecule has 1 nitrogen and oxygen atoms in total. The van der Waals surface area contributed by atoms with Crippen molar-refractivity contribution in [3.63, 3.8) is 0 Å². The summed E-state index contributed by atoms with van der Waals surface area (Å²) in [6.45, 7) is 6.36. The van der Waals surface area contributed by atoms with E-state index in [9.17, 15) is 4.79 Å². The molecule has 0 N–H and O–H groups in total. The Hall–Kier alpha value is -0.330. The van der Waals surface area contributed by atoms with E-state index in [2.05, 4.69) is 20.8 Å². The van der Waals surface area contributed by atoms with Gasteiger partial charge in [0.25, 0.3) is 0 Å². The Kier molecular flexibility index (Phi) is 4.64. The van der Waals surface area contributed by atoms with Crippen LogP contribution in [0.5, 0.6) is 0 Å². The summed E-state index contributed by atoms with van der Waals surface area (Å²) in [7, 11) is 0. The molecular weight excluding hydrogens is 172 g/mol. The van der Waals surface area contributed by atoms with E-state index in [0.717, 1.165) is 6.42 Å². The van der Waals surface area contributed by atoms with Crippen molar-refractivity contribution in [2.75, 3.05) is 0 Å². The highest BCUT2D eigenvalue weighted by Crippen LogP contribution is 2.28. The Bertz CT molecular complexity index is 178. The van der Waals surface area contributed by atoms with Gasteiger partial charge in [0, 0.05) is 12.3 Å². The summed E-state index contributed by atoms with van der Waals surface area (Å²) in [5.74, 6) is 1.97. The summed E-state index contributed by atoms with van der Waals surface area (Å²) in [5, 5.41) is 0. The van der Waals surface area contributed by atoms with Crippen molar-refractivity contribution in [1.82, 2.24) is 0 Å². The van der Waals surface area contributed by atoms with Crippen LogP contribution in [0, 0.1) is 17.8 Å². The number of carbonyl (C=O) groups excluding carboxylic acids is 1. The topological polar surface area (TPSA) is 17.1 Å². The van der Waals surface area contributed by atoms with Gasteiger partial charge in [-0.1, -0.05) is 52.9 Å². The lowest BCUT2D eigenvalue weighted by Crippen LogP contribution is -2.21. The second kappa shape index (κ2) is 5.53. The number of Topliss-reactive ketones (excluding diaryl/α,β-unsaturated/α-hetero) is 1. The normalized spacial score (nSPS) is 21.1. The van der Waals surface area contributed by atoms with Crippen LogP contribution in [0.3, 0.4) is 0 Å². The minimum atomic E-state index is 0.261. The fourth-order valence-corrected chi connectivity index (χ4v) is 2.23. The van der Waals surface area contributed by atoms with Gasteiger partial charge < -0.3 is 0 Å². The maximum Gasteiger partial charge on any atom is 0.136 e. The van der Waals surface area contributed by atoms with Gasteiger partial charge in [-0.25, -0.2) is 0 Å². The minimum Gasteiger partial charge on any atom is -0.299 e. The van der Waals surface area contributed by atoms with E-state index in [0.29, 0.717) is 17.6 Å². The molecule has 0 amide bonds. The third-order valence-corrected chi connectivity index (χ3v) is 3.72. The molecule has 82 valence electrons. The average molecular weight is 196 g/mol. The summed E-state index contributed by atoms with van der Waals surface area (Å²) >= 11 is 0. The van der Waals surface area contributed by atoms with Gasteiger partial charge >= 0.3 is 0 Å². The number of ketones is 1. The van der Waals surface area contributed by atoms with Crippen LogP contribution in [-0.4, -0.2) is 5.78 Å². The largest absolute Gasteiger partial charge is 0.299 e. The van der Waals surface area contributed by atoms with Gasteiger partial charge in [0.2, 0.25) is 0 Å². The number of rotatable bonds is 4. The zero-order chi connectivity index (χ0) is 10.6. The van der Waals surface area contributed by atoms with Gasteiger partial charge in [-0.2, -0.15) is 0 Å². The van der Waals surface area contributed by atoms with Crippen LogP contribution in [0.15, 0.2) is 0 Å². The van der Waals surface area contributed by atoms with Crippen molar-refractivity contribution >= 4 is 5.78 Å². The van der Waals surface area contributed by atoms with Crippen LogP contribution in [0.25, 0.3) is 0 Å². The van der Waals surface area contributed by atoms with Gasteiger partial charge in [0.1, 0.15) is 5.78 Å². The standard InChI is InChI=1S/C13H24O/c1-10(2)11(3)13(14)9-12-7-5-4-6-8-12/h10-12H,4-9H2,1-3H3. The van der Waals surface area contributed by atoms with Crippen LogP contribution in [0.2, 0.25) is 0 Å². The van der Waals surface area contributed by atoms with Crippen molar-refractivity contribution in [3.8, 4) is 0 Å². The number of hydrogen-bond acceptors (Lipinski definition) is 1. The van der Waals surface area contributed by atoms with E-state index in [4.69, 9.17) is 0 Å². The van der Waals surface area contributed by atoms with Crippen LogP contribution < -0.4 is 0 Å².